The molecule has 1 unspecified atom stereocenters. The molecule has 1 aromatic heterocycles. The van der Waals surface area contributed by atoms with E-state index in [2.05, 4.69) is 10.3 Å². The monoisotopic (exact) mass is 284 g/mol. The normalized spacial score (nSPS) is 18.9. The molecule has 0 aliphatic carbocycles. The van der Waals surface area contributed by atoms with Crippen LogP contribution in [0.5, 0.6) is 0 Å². The average molecular weight is 284 g/mol. The highest BCUT2D eigenvalue weighted by Gasteiger charge is 2.33. The molecule has 0 radical (unpaired) electrons. The van der Waals surface area contributed by atoms with Gasteiger partial charge in [0.25, 0.3) is 0 Å². The molecule has 2 aromatic rings. The van der Waals surface area contributed by atoms with Gasteiger partial charge < -0.3 is 10.6 Å². The van der Waals surface area contributed by atoms with Crippen LogP contribution in [-0.4, -0.2) is 29.4 Å². The number of pyridine rings is 1. The van der Waals surface area contributed by atoms with E-state index in [-0.39, 0.29) is 24.4 Å². The number of anilines is 2. The number of rotatable bonds is 2. The Morgan fingerprint density at radius 3 is 2.95 bits per heavy atom. The molecule has 0 spiro atoms. The number of hydrogen-bond acceptors (Lipinski definition) is 5. The predicted octanol–water partition coefficient (Wildman–Crippen LogP) is 1.06. The summed E-state index contributed by atoms with van der Waals surface area (Å²) in [6.45, 7) is 2.09. The highest BCUT2D eigenvalue weighted by molar-refractivity contribution is 6.06. The van der Waals surface area contributed by atoms with Crippen molar-refractivity contribution in [3.8, 4) is 0 Å². The maximum Gasteiger partial charge on any atom is 0.249 e. The van der Waals surface area contributed by atoms with Gasteiger partial charge in [-0.15, -0.1) is 0 Å². The number of benzene rings is 1. The van der Waals surface area contributed by atoms with Crippen LogP contribution in [0.3, 0.4) is 0 Å². The molecule has 108 valence electrons. The van der Waals surface area contributed by atoms with E-state index in [1.807, 2.05) is 24.0 Å². The molecule has 3 rings (SSSR count). The molecule has 1 aliphatic rings. The molecule has 2 amide bonds. The van der Waals surface area contributed by atoms with E-state index in [1.165, 1.54) is 0 Å². The van der Waals surface area contributed by atoms with Crippen LogP contribution in [0.1, 0.15) is 13.3 Å². The van der Waals surface area contributed by atoms with Gasteiger partial charge in [0.2, 0.25) is 11.8 Å². The standard InChI is InChI=1S/C15H16N4O2/c1-2-12-15(21)18-14(20)8-19(12)13-5-6-17-11-7-9(16)3-4-10(11)13/h3-7,12H,2,8,16H2,1H3,(H,18,20,21). The number of nitrogens with two attached hydrogens (primary N) is 1. The molecule has 1 atom stereocenters. The number of nitrogens with one attached hydrogen (secondary N) is 1. The van der Waals surface area contributed by atoms with Crippen LogP contribution in [0.25, 0.3) is 10.9 Å². The van der Waals surface area contributed by atoms with Gasteiger partial charge in [0, 0.05) is 23.0 Å². The minimum Gasteiger partial charge on any atom is -0.399 e. The summed E-state index contributed by atoms with van der Waals surface area (Å²) in [7, 11) is 0. The molecule has 0 bridgehead atoms. The number of fused-ring (bicyclic) bond motifs is 1. The van der Waals surface area contributed by atoms with Gasteiger partial charge in [0.1, 0.15) is 6.04 Å². The number of carbonyl (C=O) groups excluding carboxylic acids is 2. The Morgan fingerprint density at radius 2 is 2.19 bits per heavy atom. The minimum absolute atomic E-state index is 0.160. The van der Waals surface area contributed by atoms with Crippen molar-refractivity contribution in [2.45, 2.75) is 19.4 Å². The second-order valence-corrected chi connectivity index (χ2v) is 5.07. The van der Waals surface area contributed by atoms with Crippen molar-refractivity contribution >= 4 is 34.1 Å². The maximum absolute atomic E-state index is 12.0. The quantitative estimate of drug-likeness (QED) is 0.636. The number of nitrogens with zero attached hydrogens (tertiary/aromatic N) is 2. The summed E-state index contributed by atoms with van der Waals surface area (Å²) in [6.07, 6.45) is 2.29. The van der Waals surface area contributed by atoms with Crippen molar-refractivity contribution in [1.82, 2.24) is 10.3 Å². The van der Waals surface area contributed by atoms with Gasteiger partial charge in [-0.1, -0.05) is 6.92 Å². The van der Waals surface area contributed by atoms with Crippen molar-refractivity contribution in [3.63, 3.8) is 0 Å². The van der Waals surface area contributed by atoms with Crippen LogP contribution < -0.4 is 16.0 Å². The number of imide groups is 1. The van der Waals surface area contributed by atoms with E-state index < -0.39 is 0 Å². The van der Waals surface area contributed by atoms with Gasteiger partial charge >= 0.3 is 0 Å². The highest BCUT2D eigenvalue weighted by Crippen LogP contribution is 2.29. The Morgan fingerprint density at radius 1 is 1.38 bits per heavy atom. The topological polar surface area (TPSA) is 88.3 Å². The SMILES string of the molecule is CCC1C(=O)NC(=O)CN1c1ccnc2cc(N)ccc12. The molecular weight excluding hydrogens is 268 g/mol. The zero-order valence-corrected chi connectivity index (χ0v) is 11.7. The van der Waals surface area contributed by atoms with E-state index in [4.69, 9.17) is 5.73 Å². The van der Waals surface area contributed by atoms with Crippen molar-refractivity contribution in [1.29, 1.82) is 0 Å². The fourth-order valence-electron chi connectivity index (χ4n) is 2.73. The summed E-state index contributed by atoms with van der Waals surface area (Å²) in [4.78, 5) is 29.8. The van der Waals surface area contributed by atoms with Crippen molar-refractivity contribution in [3.05, 3.63) is 30.5 Å². The lowest BCUT2D eigenvalue weighted by Gasteiger charge is -2.35. The van der Waals surface area contributed by atoms with E-state index in [9.17, 15) is 9.59 Å². The fourth-order valence-corrected chi connectivity index (χ4v) is 2.73. The highest BCUT2D eigenvalue weighted by atomic mass is 16.2. The van der Waals surface area contributed by atoms with Crippen molar-refractivity contribution < 1.29 is 9.59 Å². The van der Waals surface area contributed by atoms with Gasteiger partial charge in [-0.2, -0.15) is 0 Å². The number of carbonyl (C=O) groups is 2. The molecule has 1 saturated heterocycles. The summed E-state index contributed by atoms with van der Waals surface area (Å²) >= 11 is 0. The lowest BCUT2D eigenvalue weighted by molar-refractivity contribution is -0.132. The predicted molar refractivity (Wildman–Crippen MR) is 80.7 cm³/mol. The van der Waals surface area contributed by atoms with Crippen LogP contribution in [-0.2, 0) is 9.59 Å². The Bertz CT molecular complexity index is 729. The first-order valence-electron chi connectivity index (χ1n) is 6.84. The first-order valence-corrected chi connectivity index (χ1v) is 6.84. The van der Waals surface area contributed by atoms with E-state index >= 15 is 0 Å². The van der Waals surface area contributed by atoms with Crippen molar-refractivity contribution in [2.24, 2.45) is 0 Å². The fraction of sp³-hybridized carbons (Fsp3) is 0.267. The molecule has 0 saturated carbocycles. The number of hydrogen-bond donors (Lipinski definition) is 2. The van der Waals surface area contributed by atoms with Gasteiger partial charge in [-0.25, -0.2) is 0 Å². The summed E-state index contributed by atoms with van der Waals surface area (Å²) in [5.41, 5.74) is 7.99. The Kier molecular flexibility index (Phi) is 3.21. The van der Waals surface area contributed by atoms with E-state index in [1.54, 1.807) is 18.3 Å². The van der Waals surface area contributed by atoms with Gasteiger partial charge in [-0.3, -0.25) is 19.9 Å². The summed E-state index contributed by atoms with van der Waals surface area (Å²) in [5, 5.41) is 3.26. The number of piperazine rings is 1. The first-order chi connectivity index (χ1) is 10.1. The molecule has 2 heterocycles. The molecule has 21 heavy (non-hydrogen) atoms. The molecule has 1 fully saturated rings. The second kappa shape index (κ2) is 5.05. The second-order valence-electron chi connectivity index (χ2n) is 5.07. The lowest BCUT2D eigenvalue weighted by Crippen LogP contribution is -2.58. The largest absolute Gasteiger partial charge is 0.399 e. The van der Waals surface area contributed by atoms with Gasteiger partial charge in [0.15, 0.2) is 0 Å². The molecule has 6 heteroatoms. The number of nitrogen functional groups attached to an aromatic ring is 1. The summed E-state index contributed by atoms with van der Waals surface area (Å²) in [5.74, 6) is -0.542. The van der Waals surface area contributed by atoms with Crippen LogP contribution in [0.4, 0.5) is 11.4 Å². The van der Waals surface area contributed by atoms with E-state index in [0.717, 1.165) is 16.6 Å². The summed E-state index contributed by atoms with van der Waals surface area (Å²) in [6, 6.07) is 6.92. The molecule has 1 aliphatic heterocycles. The number of aromatic nitrogens is 1. The van der Waals surface area contributed by atoms with Crippen LogP contribution >= 0.6 is 0 Å². The zero-order valence-electron chi connectivity index (χ0n) is 11.7. The van der Waals surface area contributed by atoms with Crippen LogP contribution in [0.2, 0.25) is 0 Å². The summed E-state index contributed by atoms with van der Waals surface area (Å²) < 4.78 is 0. The maximum atomic E-state index is 12.0. The Hall–Kier alpha value is -2.63. The minimum atomic E-state index is -0.356. The molecule has 6 nitrogen and oxygen atoms in total. The first kappa shape index (κ1) is 13.4. The average Bonchev–Trinajstić information content (AvgIpc) is 2.45. The van der Waals surface area contributed by atoms with Crippen molar-refractivity contribution in [2.75, 3.05) is 17.2 Å². The molecule has 1 aromatic carbocycles. The van der Waals surface area contributed by atoms with Crippen LogP contribution in [0.15, 0.2) is 30.5 Å². The van der Waals surface area contributed by atoms with Gasteiger partial charge in [-0.05, 0) is 30.7 Å². The Labute approximate surface area is 121 Å². The lowest BCUT2D eigenvalue weighted by atomic mass is 10.1. The molecular formula is C15H16N4O2. The third-order valence-corrected chi connectivity index (χ3v) is 3.70. The van der Waals surface area contributed by atoms with Crippen LogP contribution in [0, 0.1) is 0 Å². The third-order valence-electron chi connectivity index (χ3n) is 3.70. The Balaban J connectivity index is 2.13. The third kappa shape index (κ3) is 2.29. The van der Waals surface area contributed by atoms with E-state index in [0.29, 0.717) is 12.1 Å². The smallest absolute Gasteiger partial charge is 0.249 e. The number of amides is 2. The zero-order chi connectivity index (χ0) is 15.0. The van der Waals surface area contributed by atoms with Gasteiger partial charge in [0.05, 0.1) is 12.1 Å². The molecule has 3 N–H and O–H groups in total.